The van der Waals surface area contributed by atoms with E-state index in [0.717, 1.165) is 0 Å². The Morgan fingerprint density at radius 1 is 1.42 bits per heavy atom. The lowest BCUT2D eigenvalue weighted by molar-refractivity contribution is -0.0691. The summed E-state index contributed by atoms with van der Waals surface area (Å²) in [5, 5.41) is 20.4. The molecule has 2 aliphatic heterocycles. The highest BCUT2D eigenvalue weighted by molar-refractivity contribution is 5.94. The Morgan fingerprint density at radius 3 is 3.00 bits per heavy atom. The van der Waals surface area contributed by atoms with Crippen molar-refractivity contribution < 1.29 is 19.0 Å². The summed E-state index contributed by atoms with van der Waals surface area (Å²) in [6.07, 6.45) is 1.95. The predicted octanol–water partition coefficient (Wildman–Crippen LogP) is 0.126. The number of benzene rings is 1. The van der Waals surface area contributed by atoms with Crippen molar-refractivity contribution in [1.29, 1.82) is 0 Å². The van der Waals surface area contributed by atoms with Crippen LogP contribution in [0.2, 0.25) is 0 Å². The Bertz CT molecular complexity index is 1300. The number of halogens is 1. The SMILES string of the molecule is Cc1ncnn1-c1cc(F)ccc1CNC(=O)c1nc2n(c(=O)c1O)CCOC21CCNC1. The summed E-state index contributed by atoms with van der Waals surface area (Å²) in [4.78, 5) is 34.2. The van der Waals surface area contributed by atoms with Crippen LogP contribution in [0.4, 0.5) is 4.39 Å². The number of fused-ring (bicyclic) bond motifs is 2. The molecule has 172 valence electrons. The molecule has 11 nitrogen and oxygen atoms in total. The first-order valence-electron chi connectivity index (χ1n) is 10.5. The third-order valence-electron chi connectivity index (χ3n) is 6.01. The van der Waals surface area contributed by atoms with E-state index in [0.29, 0.717) is 49.0 Å². The van der Waals surface area contributed by atoms with Crippen molar-refractivity contribution in [2.24, 2.45) is 0 Å². The molecule has 4 heterocycles. The number of rotatable bonds is 4. The van der Waals surface area contributed by atoms with Crippen molar-refractivity contribution in [1.82, 2.24) is 34.9 Å². The van der Waals surface area contributed by atoms with Gasteiger partial charge in [0.15, 0.2) is 5.69 Å². The molecule has 2 aliphatic rings. The summed E-state index contributed by atoms with van der Waals surface area (Å²) in [7, 11) is 0. The van der Waals surface area contributed by atoms with Crippen LogP contribution in [0.1, 0.15) is 34.1 Å². The number of hydrogen-bond donors (Lipinski definition) is 3. The summed E-state index contributed by atoms with van der Waals surface area (Å²) >= 11 is 0. The van der Waals surface area contributed by atoms with Crippen molar-refractivity contribution in [2.45, 2.75) is 32.0 Å². The molecule has 1 atom stereocenters. The van der Waals surface area contributed by atoms with E-state index in [2.05, 4.69) is 25.7 Å². The molecular formula is C21H22FN7O4. The summed E-state index contributed by atoms with van der Waals surface area (Å²) in [6.45, 7) is 3.41. The van der Waals surface area contributed by atoms with E-state index in [1.165, 1.54) is 33.8 Å². The maximum atomic E-state index is 13.9. The molecule has 1 amide bonds. The number of carbonyl (C=O) groups excluding carboxylic acids is 1. The van der Waals surface area contributed by atoms with E-state index in [-0.39, 0.29) is 18.8 Å². The third-order valence-corrected chi connectivity index (χ3v) is 6.01. The van der Waals surface area contributed by atoms with Crippen molar-refractivity contribution in [2.75, 3.05) is 19.7 Å². The number of nitrogens with zero attached hydrogens (tertiary/aromatic N) is 5. The van der Waals surface area contributed by atoms with Crippen LogP contribution in [0.15, 0.2) is 29.3 Å². The second-order valence-electron chi connectivity index (χ2n) is 8.03. The smallest absolute Gasteiger partial charge is 0.296 e. The lowest BCUT2D eigenvalue weighted by Crippen LogP contribution is -2.46. The van der Waals surface area contributed by atoms with E-state index in [1.54, 1.807) is 6.92 Å². The maximum Gasteiger partial charge on any atom is 0.296 e. The first-order valence-corrected chi connectivity index (χ1v) is 10.5. The van der Waals surface area contributed by atoms with Crippen LogP contribution in [0.3, 0.4) is 0 Å². The van der Waals surface area contributed by atoms with Gasteiger partial charge in [-0.1, -0.05) is 6.07 Å². The quantitative estimate of drug-likeness (QED) is 0.505. The highest BCUT2D eigenvalue weighted by Crippen LogP contribution is 2.33. The van der Waals surface area contributed by atoms with Crippen LogP contribution >= 0.6 is 0 Å². The van der Waals surface area contributed by atoms with Crippen LogP contribution in [-0.4, -0.2) is 55.0 Å². The first-order chi connectivity index (χ1) is 15.9. The standard InChI is InChI=1S/C21H22FN7O4/c1-12-25-11-26-29(12)15-8-14(22)3-2-13(15)9-24-18(31)16-17(30)19(32)28-6-7-33-21(20(28)27-16)4-5-23-10-21/h2-3,8,11,23,30H,4-7,9-10H2,1H3,(H,24,31). The second kappa shape index (κ2) is 8.05. The highest BCUT2D eigenvalue weighted by atomic mass is 19.1. The van der Waals surface area contributed by atoms with Gasteiger partial charge in [-0.25, -0.2) is 19.0 Å². The molecule has 3 N–H and O–H groups in total. The number of aryl methyl sites for hydroxylation is 1. The lowest BCUT2D eigenvalue weighted by Gasteiger charge is -2.34. The largest absolute Gasteiger partial charge is 0.501 e. The Hall–Kier alpha value is -3.64. The van der Waals surface area contributed by atoms with Crippen LogP contribution in [0, 0.1) is 12.7 Å². The summed E-state index contributed by atoms with van der Waals surface area (Å²) in [6, 6.07) is 4.08. The Morgan fingerprint density at radius 2 is 2.27 bits per heavy atom. The maximum absolute atomic E-state index is 13.9. The Kier molecular flexibility index (Phi) is 5.17. The topological polar surface area (TPSA) is 136 Å². The van der Waals surface area contributed by atoms with E-state index in [9.17, 15) is 19.1 Å². The number of amides is 1. The molecule has 1 saturated heterocycles. The number of nitrogens with one attached hydrogen (secondary N) is 2. The van der Waals surface area contributed by atoms with E-state index in [1.807, 2.05) is 0 Å². The molecule has 33 heavy (non-hydrogen) atoms. The minimum Gasteiger partial charge on any atom is -0.501 e. The van der Waals surface area contributed by atoms with Crippen molar-refractivity contribution in [3.63, 3.8) is 0 Å². The van der Waals surface area contributed by atoms with Crippen molar-refractivity contribution in [3.8, 4) is 11.4 Å². The molecule has 1 aromatic carbocycles. The number of carbonyl (C=O) groups is 1. The molecule has 1 spiro atoms. The van der Waals surface area contributed by atoms with Gasteiger partial charge in [0, 0.05) is 13.1 Å². The molecule has 1 fully saturated rings. The van der Waals surface area contributed by atoms with Gasteiger partial charge < -0.3 is 20.5 Å². The Labute approximate surface area is 187 Å². The fourth-order valence-electron chi connectivity index (χ4n) is 4.32. The van der Waals surface area contributed by atoms with Crippen LogP contribution in [0.5, 0.6) is 5.75 Å². The average Bonchev–Trinajstić information content (AvgIpc) is 3.45. The predicted molar refractivity (Wildman–Crippen MR) is 113 cm³/mol. The van der Waals surface area contributed by atoms with Gasteiger partial charge in [0.1, 0.15) is 29.4 Å². The van der Waals surface area contributed by atoms with Crippen molar-refractivity contribution >= 4 is 5.91 Å². The number of aromatic nitrogens is 5. The van der Waals surface area contributed by atoms with Gasteiger partial charge in [0.2, 0.25) is 5.75 Å². The number of ether oxygens (including phenoxy) is 1. The molecular weight excluding hydrogens is 433 g/mol. The van der Waals surface area contributed by atoms with Crippen molar-refractivity contribution in [3.05, 3.63) is 63.6 Å². The highest BCUT2D eigenvalue weighted by Gasteiger charge is 2.44. The van der Waals surface area contributed by atoms with Gasteiger partial charge >= 0.3 is 0 Å². The third kappa shape index (κ3) is 3.56. The van der Waals surface area contributed by atoms with Gasteiger partial charge in [0.25, 0.3) is 11.5 Å². The fraction of sp³-hybridized carbons (Fsp3) is 0.381. The second-order valence-corrected chi connectivity index (χ2v) is 8.03. The molecule has 0 radical (unpaired) electrons. The van der Waals surface area contributed by atoms with Gasteiger partial charge in [-0.05, 0) is 37.6 Å². The van der Waals surface area contributed by atoms with E-state index in [4.69, 9.17) is 4.74 Å². The lowest BCUT2D eigenvalue weighted by atomic mass is 10.00. The van der Waals surface area contributed by atoms with Gasteiger partial charge in [-0.3, -0.25) is 14.2 Å². The summed E-state index contributed by atoms with van der Waals surface area (Å²) < 4.78 is 22.7. The van der Waals surface area contributed by atoms with Crippen LogP contribution in [0.25, 0.3) is 5.69 Å². The Balaban J connectivity index is 1.46. The molecule has 1 unspecified atom stereocenters. The zero-order chi connectivity index (χ0) is 23.2. The molecule has 0 aliphatic carbocycles. The molecule has 12 heteroatoms. The molecule has 0 bridgehead atoms. The van der Waals surface area contributed by atoms with Crippen LogP contribution in [-0.2, 0) is 23.4 Å². The minimum absolute atomic E-state index is 0.0174. The van der Waals surface area contributed by atoms with Gasteiger partial charge in [-0.2, -0.15) is 5.10 Å². The molecule has 2 aromatic heterocycles. The minimum atomic E-state index is -0.811. The average molecular weight is 455 g/mol. The van der Waals surface area contributed by atoms with E-state index >= 15 is 0 Å². The van der Waals surface area contributed by atoms with Crippen LogP contribution < -0.4 is 16.2 Å². The zero-order valence-corrected chi connectivity index (χ0v) is 17.8. The monoisotopic (exact) mass is 455 g/mol. The van der Waals surface area contributed by atoms with Gasteiger partial charge in [0.05, 0.1) is 18.8 Å². The fourth-order valence-corrected chi connectivity index (χ4v) is 4.32. The summed E-state index contributed by atoms with van der Waals surface area (Å²) in [5.74, 6) is -1.04. The zero-order valence-electron chi connectivity index (χ0n) is 17.8. The van der Waals surface area contributed by atoms with E-state index < -0.39 is 28.6 Å². The molecule has 5 rings (SSSR count). The number of hydrogen-bond acceptors (Lipinski definition) is 8. The summed E-state index contributed by atoms with van der Waals surface area (Å²) in [5.41, 5.74) is -0.886. The molecule has 0 saturated carbocycles. The van der Waals surface area contributed by atoms with Gasteiger partial charge in [-0.15, -0.1) is 0 Å². The normalized spacial score (nSPS) is 19.6. The number of aromatic hydroxyl groups is 1. The molecule has 3 aromatic rings. The first kappa shape index (κ1) is 21.2.